The molecule has 1 aromatic carbocycles. The third-order valence-electron chi connectivity index (χ3n) is 2.87. The Hall–Kier alpha value is -2.10. The van der Waals surface area contributed by atoms with E-state index in [1.807, 2.05) is 36.9 Å². The molecule has 100 valence electrons. The van der Waals surface area contributed by atoms with E-state index < -0.39 is 0 Å². The van der Waals surface area contributed by atoms with E-state index in [1.54, 1.807) is 18.3 Å². The molecular weight excluding hydrogens is 241 g/mol. The number of rotatable bonds is 5. The van der Waals surface area contributed by atoms with Gasteiger partial charge in [-0.2, -0.15) is 0 Å². The molecule has 0 saturated carbocycles. The zero-order valence-corrected chi connectivity index (χ0v) is 11.2. The lowest BCUT2D eigenvalue weighted by Gasteiger charge is -2.24. The second-order valence-corrected chi connectivity index (χ2v) is 4.13. The Bertz CT molecular complexity index is 542. The normalized spacial score (nSPS) is 10.3. The van der Waals surface area contributed by atoms with Gasteiger partial charge >= 0.3 is 0 Å². The summed E-state index contributed by atoms with van der Waals surface area (Å²) in [4.78, 5) is 6.16. The summed E-state index contributed by atoms with van der Waals surface area (Å²) < 4.78 is 13.9. The highest BCUT2D eigenvalue weighted by molar-refractivity contribution is 5.65. The highest BCUT2D eigenvalue weighted by Crippen LogP contribution is 2.28. The van der Waals surface area contributed by atoms with Crippen molar-refractivity contribution in [1.82, 2.24) is 4.98 Å². The first-order valence-electron chi connectivity index (χ1n) is 6.48. The van der Waals surface area contributed by atoms with Gasteiger partial charge in [-0.3, -0.25) is 0 Å². The number of benzene rings is 1. The van der Waals surface area contributed by atoms with E-state index in [0.29, 0.717) is 12.2 Å². The molecule has 0 fully saturated rings. The van der Waals surface area contributed by atoms with Crippen molar-refractivity contribution in [2.45, 2.75) is 13.8 Å². The van der Waals surface area contributed by atoms with Gasteiger partial charge in [-0.25, -0.2) is 9.37 Å². The van der Waals surface area contributed by atoms with Crippen LogP contribution in [0.4, 0.5) is 21.6 Å². The van der Waals surface area contributed by atoms with E-state index in [-0.39, 0.29) is 5.82 Å². The minimum Gasteiger partial charge on any atom is -0.370 e. The molecule has 0 saturated heterocycles. The summed E-state index contributed by atoms with van der Waals surface area (Å²) in [6.45, 7) is 5.52. The Morgan fingerprint density at radius 1 is 1.21 bits per heavy atom. The van der Waals surface area contributed by atoms with Crippen LogP contribution in [0.15, 0.2) is 42.6 Å². The largest absolute Gasteiger partial charge is 0.370 e. The lowest BCUT2D eigenvalue weighted by Crippen LogP contribution is -2.17. The van der Waals surface area contributed by atoms with Gasteiger partial charge in [0.25, 0.3) is 0 Å². The molecule has 1 heterocycles. The van der Waals surface area contributed by atoms with Gasteiger partial charge in [0.05, 0.1) is 5.69 Å². The van der Waals surface area contributed by atoms with E-state index in [4.69, 9.17) is 0 Å². The van der Waals surface area contributed by atoms with Gasteiger partial charge < -0.3 is 10.2 Å². The minimum atomic E-state index is -0.217. The fraction of sp³-hybridized carbons (Fsp3) is 0.267. The van der Waals surface area contributed by atoms with Crippen molar-refractivity contribution >= 4 is 17.2 Å². The number of nitrogens with one attached hydrogen (secondary N) is 1. The summed E-state index contributed by atoms with van der Waals surface area (Å²) in [5.74, 6) is 0.584. The van der Waals surface area contributed by atoms with Crippen LogP contribution in [-0.2, 0) is 0 Å². The topological polar surface area (TPSA) is 28.2 Å². The van der Waals surface area contributed by atoms with E-state index in [0.717, 1.165) is 18.1 Å². The Balaban J connectivity index is 2.37. The Kier molecular flexibility index (Phi) is 4.34. The van der Waals surface area contributed by atoms with Crippen LogP contribution in [0.2, 0.25) is 0 Å². The number of hydrogen-bond acceptors (Lipinski definition) is 3. The summed E-state index contributed by atoms with van der Waals surface area (Å²) in [5, 5.41) is 3.16. The first kappa shape index (κ1) is 13.3. The molecule has 1 aromatic heterocycles. The average Bonchev–Trinajstić information content (AvgIpc) is 2.43. The molecule has 4 heteroatoms. The highest BCUT2D eigenvalue weighted by atomic mass is 19.1. The van der Waals surface area contributed by atoms with Crippen LogP contribution in [0, 0.1) is 5.82 Å². The number of halogens is 1. The third-order valence-corrected chi connectivity index (χ3v) is 2.87. The molecule has 0 aliphatic heterocycles. The van der Waals surface area contributed by atoms with Gasteiger partial charge in [-0.1, -0.05) is 12.1 Å². The lowest BCUT2D eigenvalue weighted by molar-refractivity contribution is 0.625. The first-order chi connectivity index (χ1) is 9.26. The molecule has 19 heavy (non-hydrogen) atoms. The maximum atomic E-state index is 13.9. The summed E-state index contributed by atoms with van der Waals surface area (Å²) in [5.41, 5.74) is 1.51. The predicted molar refractivity (Wildman–Crippen MR) is 77.5 cm³/mol. The van der Waals surface area contributed by atoms with Gasteiger partial charge in [-0.15, -0.1) is 0 Å². The number of pyridine rings is 1. The predicted octanol–water partition coefficient (Wildman–Crippen LogP) is 3.81. The second kappa shape index (κ2) is 6.18. The van der Waals surface area contributed by atoms with E-state index in [1.165, 1.54) is 6.07 Å². The number of anilines is 3. The Labute approximate surface area is 113 Å². The lowest BCUT2D eigenvalue weighted by atomic mass is 10.2. The van der Waals surface area contributed by atoms with Crippen molar-refractivity contribution in [2.75, 3.05) is 23.3 Å². The van der Waals surface area contributed by atoms with Crippen molar-refractivity contribution in [1.29, 1.82) is 0 Å². The summed E-state index contributed by atoms with van der Waals surface area (Å²) >= 11 is 0. The van der Waals surface area contributed by atoms with Crippen LogP contribution in [-0.4, -0.2) is 18.1 Å². The van der Waals surface area contributed by atoms with Crippen LogP contribution in [0.25, 0.3) is 0 Å². The van der Waals surface area contributed by atoms with Crippen LogP contribution in [0.3, 0.4) is 0 Å². The Morgan fingerprint density at radius 2 is 2.00 bits per heavy atom. The zero-order chi connectivity index (χ0) is 13.7. The first-order valence-corrected chi connectivity index (χ1v) is 6.48. The zero-order valence-electron chi connectivity index (χ0n) is 11.2. The van der Waals surface area contributed by atoms with E-state index >= 15 is 0 Å². The van der Waals surface area contributed by atoms with Gasteiger partial charge in [-0.05, 0) is 32.0 Å². The van der Waals surface area contributed by atoms with Crippen LogP contribution < -0.4 is 10.2 Å². The molecule has 2 rings (SSSR count). The molecule has 0 unspecified atom stereocenters. The molecular formula is C15H18FN3. The third kappa shape index (κ3) is 3.02. The molecule has 0 atom stereocenters. The summed E-state index contributed by atoms with van der Waals surface area (Å²) in [6.07, 6.45) is 1.73. The Morgan fingerprint density at radius 3 is 2.68 bits per heavy atom. The second-order valence-electron chi connectivity index (χ2n) is 4.13. The fourth-order valence-corrected chi connectivity index (χ4v) is 2.03. The molecule has 0 amide bonds. The smallest absolute Gasteiger partial charge is 0.146 e. The standard InChI is InChI=1S/C15H18FN3/c1-3-17-15-11-12(9-10-18-15)19(4-2)14-8-6-5-7-13(14)16/h5-11H,3-4H2,1-2H3,(H,17,18). The van der Waals surface area contributed by atoms with Crippen molar-refractivity contribution in [2.24, 2.45) is 0 Å². The van der Waals surface area contributed by atoms with Crippen molar-refractivity contribution in [3.8, 4) is 0 Å². The molecule has 0 bridgehead atoms. The quantitative estimate of drug-likeness (QED) is 0.885. The molecule has 0 aliphatic rings. The van der Waals surface area contributed by atoms with Crippen molar-refractivity contribution in [3.05, 3.63) is 48.4 Å². The van der Waals surface area contributed by atoms with Crippen LogP contribution >= 0.6 is 0 Å². The number of hydrogen-bond donors (Lipinski definition) is 1. The molecule has 2 aromatic rings. The SMILES string of the molecule is CCNc1cc(N(CC)c2ccccc2F)ccn1. The maximum absolute atomic E-state index is 13.9. The monoisotopic (exact) mass is 259 g/mol. The van der Waals surface area contributed by atoms with Gasteiger partial charge in [0, 0.05) is 31.0 Å². The summed E-state index contributed by atoms with van der Waals surface area (Å²) in [6, 6.07) is 10.6. The number of aromatic nitrogens is 1. The van der Waals surface area contributed by atoms with E-state index in [2.05, 4.69) is 10.3 Å². The minimum absolute atomic E-state index is 0.217. The number of para-hydroxylation sites is 1. The van der Waals surface area contributed by atoms with Gasteiger partial charge in [0.15, 0.2) is 0 Å². The summed E-state index contributed by atoms with van der Waals surface area (Å²) in [7, 11) is 0. The maximum Gasteiger partial charge on any atom is 0.146 e. The van der Waals surface area contributed by atoms with E-state index in [9.17, 15) is 4.39 Å². The van der Waals surface area contributed by atoms with Crippen LogP contribution in [0.5, 0.6) is 0 Å². The highest BCUT2D eigenvalue weighted by Gasteiger charge is 2.11. The fourth-order valence-electron chi connectivity index (χ4n) is 2.03. The average molecular weight is 259 g/mol. The van der Waals surface area contributed by atoms with Crippen LogP contribution in [0.1, 0.15) is 13.8 Å². The van der Waals surface area contributed by atoms with Gasteiger partial charge in [0.2, 0.25) is 0 Å². The molecule has 3 nitrogen and oxygen atoms in total. The number of nitrogens with zero attached hydrogens (tertiary/aromatic N) is 2. The van der Waals surface area contributed by atoms with Crippen molar-refractivity contribution < 1.29 is 4.39 Å². The van der Waals surface area contributed by atoms with Crippen molar-refractivity contribution in [3.63, 3.8) is 0 Å². The molecule has 0 aliphatic carbocycles. The molecule has 1 N–H and O–H groups in total. The molecule has 0 spiro atoms. The van der Waals surface area contributed by atoms with Gasteiger partial charge in [0.1, 0.15) is 11.6 Å². The molecule has 0 radical (unpaired) electrons.